The van der Waals surface area contributed by atoms with Gasteiger partial charge in [0.2, 0.25) is 0 Å². The Morgan fingerprint density at radius 3 is 2.53 bits per heavy atom. The molecule has 1 atom stereocenters. The molecule has 4 rings (SSSR count). The van der Waals surface area contributed by atoms with E-state index in [2.05, 4.69) is 46.6 Å². The summed E-state index contributed by atoms with van der Waals surface area (Å²) in [4.78, 5) is 29.3. The standard InChI is InChI=1S/C28H28N4O3S/c1-18-10-12-22(13-11-18)16-32-20(3)24(19(2)31-32)14-15-26(33)35-21(4)27(34)30-28-29-25(17-36-28)23-8-6-5-7-9-23/h5-15,17,21H,16H2,1-4H3,(H,29,30,34)/b15-14+. The second-order valence-corrected chi connectivity index (χ2v) is 9.39. The predicted octanol–water partition coefficient (Wildman–Crippen LogP) is 5.56. The summed E-state index contributed by atoms with van der Waals surface area (Å²) in [5, 5.41) is 9.64. The van der Waals surface area contributed by atoms with Crippen LogP contribution in [0.25, 0.3) is 17.3 Å². The highest BCUT2D eigenvalue weighted by molar-refractivity contribution is 7.14. The van der Waals surface area contributed by atoms with Gasteiger partial charge in [0.1, 0.15) is 0 Å². The number of ether oxygens (including phenoxy) is 1. The van der Waals surface area contributed by atoms with Crippen molar-refractivity contribution in [1.82, 2.24) is 14.8 Å². The summed E-state index contributed by atoms with van der Waals surface area (Å²) >= 11 is 1.32. The smallest absolute Gasteiger partial charge is 0.331 e. The van der Waals surface area contributed by atoms with Gasteiger partial charge in [-0.15, -0.1) is 11.3 Å². The SMILES string of the molecule is Cc1ccc(Cn2nc(C)c(/C=C/C(=O)OC(C)C(=O)Nc3nc(-c4ccccc4)cs3)c2C)cc1. The Morgan fingerprint density at radius 2 is 1.81 bits per heavy atom. The Bertz CT molecular complexity index is 1390. The van der Waals surface area contributed by atoms with Crippen molar-refractivity contribution in [3.8, 4) is 11.3 Å². The van der Waals surface area contributed by atoms with Crippen LogP contribution >= 0.6 is 11.3 Å². The molecule has 0 aliphatic carbocycles. The molecule has 1 amide bonds. The van der Waals surface area contributed by atoms with Crippen LogP contribution in [-0.4, -0.2) is 32.7 Å². The lowest BCUT2D eigenvalue weighted by Gasteiger charge is -2.10. The van der Waals surface area contributed by atoms with Crippen molar-refractivity contribution < 1.29 is 14.3 Å². The molecular formula is C28H28N4O3S. The molecule has 36 heavy (non-hydrogen) atoms. The number of nitrogens with one attached hydrogen (secondary N) is 1. The maximum atomic E-state index is 12.5. The van der Waals surface area contributed by atoms with Gasteiger partial charge in [-0.1, -0.05) is 60.2 Å². The molecule has 0 saturated carbocycles. The van der Waals surface area contributed by atoms with Crippen molar-refractivity contribution in [2.45, 2.75) is 40.3 Å². The minimum Gasteiger partial charge on any atom is -0.449 e. The molecule has 2 aromatic heterocycles. The van der Waals surface area contributed by atoms with Crippen LogP contribution in [0.4, 0.5) is 5.13 Å². The van der Waals surface area contributed by atoms with E-state index in [1.807, 2.05) is 54.2 Å². The highest BCUT2D eigenvalue weighted by Crippen LogP contribution is 2.24. The van der Waals surface area contributed by atoms with E-state index in [0.29, 0.717) is 11.7 Å². The lowest BCUT2D eigenvalue weighted by atomic mass is 10.1. The first-order chi connectivity index (χ1) is 17.3. The Kier molecular flexibility index (Phi) is 7.75. The number of thiazole rings is 1. The Hall–Kier alpha value is -4.04. The van der Waals surface area contributed by atoms with Crippen molar-refractivity contribution in [1.29, 1.82) is 0 Å². The molecule has 4 aromatic rings. The minimum atomic E-state index is -0.974. The third-order valence-corrected chi connectivity index (χ3v) is 6.50. The number of hydrogen-bond acceptors (Lipinski definition) is 6. The van der Waals surface area contributed by atoms with Gasteiger partial charge in [0.05, 0.1) is 17.9 Å². The van der Waals surface area contributed by atoms with Gasteiger partial charge in [-0.3, -0.25) is 14.8 Å². The van der Waals surface area contributed by atoms with Crippen LogP contribution in [0.1, 0.15) is 35.0 Å². The number of anilines is 1. The molecule has 1 unspecified atom stereocenters. The number of aryl methyl sites for hydroxylation is 2. The second-order valence-electron chi connectivity index (χ2n) is 8.53. The molecule has 0 saturated heterocycles. The molecule has 2 heterocycles. The molecule has 7 nitrogen and oxygen atoms in total. The number of aromatic nitrogens is 3. The molecular weight excluding hydrogens is 472 g/mol. The first-order valence-electron chi connectivity index (χ1n) is 11.6. The highest BCUT2D eigenvalue weighted by Gasteiger charge is 2.19. The fourth-order valence-corrected chi connectivity index (χ4v) is 4.39. The molecule has 0 aliphatic rings. The summed E-state index contributed by atoms with van der Waals surface area (Å²) in [5.74, 6) is -1.05. The third kappa shape index (κ3) is 6.14. The number of carbonyl (C=O) groups is 2. The number of carbonyl (C=O) groups excluding carboxylic acids is 2. The van der Waals surface area contributed by atoms with Gasteiger partial charge in [0.25, 0.3) is 5.91 Å². The lowest BCUT2D eigenvalue weighted by molar-refractivity contribution is -0.148. The van der Waals surface area contributed by atoms with Crippen molar-refractivity contribution in [3.05, 3.63) is 94.1 Å². The van der Waals surface area contributed by atoms with Gasteiger partial charge in [-0.05, 0) is 39.3 Å². The van der Waals surface area contributed by atoms with Crippen LogP contribution < -0.4 is 5.32 Å². The molecule has 184 valence electrons. The monoisotopic (exact) mass is 500 g/mol. The van der Waals surface area contributed by atoms with E-state index in [4.69, 9.17) is 4.74 Å². The normalized spacial score (nSPS) is 12.0. The molecule has 0 fully saturated rings. The van der Waals surface area contributed by atoms with Crippen molar-refractivity contribution in [3.63, 3.8) is 0 Å². The van der Waals surface area contributed by atoms with Crippen LogP contribution in [-0.2, 0) is 20.9 Å². The average Bonchev–Trinajstić information content (AvgIpc) is 3.43. The maximum absolute atomic E-state index is 12.5. The van der Waals surface area contributed by atoms with Gasteiger partial charge in [-0.2, -0.15) is 5.10 Å². The Morgan fingerprint density at radius 1 is 1.08 bits per heavy atom. The zero-order valence-corrected chi connectivity index (χ0v) is 21.5. The van der Waals surface area contributed by atoms with Crippen molar-refractivity contribution in [2.24, 2.45) is 0 Å². The predicted molar refractivity (Wildman–Crippen MR) is 143 cm³/mol. The minimum absolute atomic E-state index is 0.441. The van der Waals surface area contributed by atoms with Crippen LogP contribution in [0.5, 0.6) is 0 Å². The van der Waals surface area contributed by atoms with E-state index in [1.54, 1.807) is 6.08 Å². The van der Waals surface area contributed by atoms with E-state index in [9.17, 15) is 9.59 Å². The van der Waals surface area contributed by atoms with Gasteiger partial charge < -0.3 is 4.74 Å². The number of hydrogen-bond donors (Lipinski definition) is 1. The molecule has 1 N–H and O–H groups in total. The molecule has 0 spiro atoms. The average molecular weight is 501 g/mol. The van der Waals surface area contributed by atoms with Gasteiger partial charge >= 0.3 is 5.97 Å². The van der Waals surface area contributed by atoms with E-state index in [-0.39, 0.29) is 0 Å². The van der Waals surface area contributed by atoms with Crippen LogP contribution in [0.3, 0.4) is 0 Å². The zero-order valence-electron chi connectivity index (χ0n) is 20.7. The number of benzene rings is 2. The summed E-state index contributed by atoms with van der Waals surface area (Å²) < 4.78 is 7.22. The second kappa shape index (κ2) is 11.1. The van der Waals surface area contributed by atoms with Crippen LogP contribution in [0.15, 0.2) is 66.1 Å². The quantitative estimate of drug-likeness (QED) is 0.253. The number of nitrogens with zero attached hydrogens (tertiary/aromatic N) is 3. The summed E-state index contributed by atoms with van der Waals surface area (Å²) in [6, 6.07) is 18.0. The molecule has 8 heteroatoms. The van der Waals surface area contributed by atoms with Crippen LogP contribution in [0.2, 0.25) is 0 Å². The summed E-state index contributed by atoms with van der Waals surface area (Å²) in [6.07, 6.45) is 2.04. The van der Waals surface area contributed by atoms with Crippen molar-refractivity contribution in [2.75, 3.05) is 5.32 Å². The third-order valence-electron chi connectivity index (χ3n) is 5.74. The van der Waals surface area contributed by atoms with Crippen molar-refractivity contribution >= 4 is 34.4 Å². The summed E-state index contributed by atoms with van der Waals surface area (Å²) in [5.41, 5.74) is 6.71. The first kappa shape index (κ1) is 25.1. The summed E-state index contributed by atoms with van der Waals surface area (Å²) in [7, 11) is 0. The van der Waals surface area contributed by atoms with Gasteiger partial charge in [0.15, 0.2) is 11.2 Å². The lowest BCUT2D eigenvalue weighted by Crippen LogP contribution is -2.29. The van der Waals surface area contributed by atoms with E-state index in [0.717, 1.165) is 33.8 Å². The molecule has 0 radical (unpaired) electrons. The Labute approximate surface area is 214 Å². The van der Waals surface area contributed by atoms with Gasteiger partial charge in [-0.25, -0.2) is 9.78 Å². The first-order valence-corrected chi connectivity index (χ1v) is 12.5. The molecule has 2 aromatic carbocycles. The number of esters is 1. The number of rotatable bonds is 8. The van der Waals surface area contributed by atoms with E-state index in [1.165, 1.54) is 29.9 Å². The fourth-order valence-electron chi connectivity index (χ4n) is 3.67. The largest absolute Gasteiger partial charge is 0.449 e. The van der Waals surface area contributed by atoms with Gasteiger partial charge in [0, 0.05) is 28.3 Å². The topological polar surface area (TPSA) is 86.1 Å². The number of amides is 1. The molecule has 0 aliphatic heterocycles. The molecule has 0 bridgehead atoms. The Balaban J connectivity index is 1.34. The van der Waals surface area contributed by atoms with E-state index < -0.39 is 18.0 Å². The van der Waals surface area contributed by atoms with E-state index >= 15 is 0 Å². The van der Waals surface area contributed by atoms with Crippen LogP contribution in [0, 0.1) is 20.8 Å². The summed E-state index contributed by atoms with van der Waals surface area (Å²) in [6.45, 7) is 8.10. The zero-order chi connectivity index (χ0) is 25.7. The highest BCUT2D eigenvalue weighted by atomic mass is 32.1. The fraction of sp³-hybridized carbons (Fsp3) is 0.214. The maximum Gasteiger partial charge on any atom is 0.331 e.